The lowest BCUT2D eigenvalue weighted by molar-refractivity contribution is -0.145. The lowest BCUT2D eigenvalue weighted by atomic mass is 10.1. The second-order valence-corrected chi connectivity index (χ2v) is 5.38. The van der Waals surface area contributed by atoms with Crippen LogP contribution in [-0.4, -0.2) is 60.6 Å². The van der Waals surface area contributed by atoms with Crippen LogP contribution in [0, 0.1) is 0 Å². The van der Waals surface area contributed by atoms with Gasteiger partial charge in [-0.1, -0.05) is 18.2 Å². The standard InChI is InChI=1S/C16H20N2O5/c1-11(19)18-13-6-4-3-5-12(13)9-14(18)16(22)17(7-8-23-2)10-15(20)21/h3-6,14H,7-10H2,1-2H3,(H,20,21)/t14-/m0/s1. The molecule has 7 nitrogen and oxygen atoms in total. The van der Waals surface area contributed by atoms with Gasteiger partial charge in [-0.25, -0.2) is 0 Å². The number of nitrogens with zero attached hydrogens (tertiary/aromatic N) is 2. The summed E-state index contributed by atoms with van der Waals surface area (Å²) in [4.78, 5) is 38.5. The number of fused-ring (bicyclic) bond motifs is 1. The second kappa shape index (κ2) is 7.23. The molecular weight excluding hydrogens is 300 g/mol. The Balaban J connectivity index is 2.26. The predicted molar refractivity (Wildman–Crippen MR) is 83.2 cm³/mol. The molecule has 2 rings (SSSR count). The number of carbonyl (C=O) groups excluding carboxylic acids is 2. The van der Waals surface area contributed by atoms with Crippen molar-refractivity contribution in [2.24, 2.45) is 0 Å². The molecule has 2 amide bonds. The van der Waals surface area contributed by atoms with Crippen LogP contribution in [0.4, 0.5) is 5.69 Å². The van der Waals surface area contributed by atoms with Crippen molar-refractivity contribution < 1.29 is 24.2 Å². The van der Waals surface area contributed by atoms with Gasteiger partial charge < -0.3 is 14.7 Å². The third-order valence-electron chi connectivity index (χ3n) is 3.80. The van der Waals surface area contributed by atoms with Crippen LogP contribution in [0.5, 0.6) is 0 Å². The Morgan fingerprint density at radius 2 is 2.04 bits per heavy atom. The summed E-state index contributed by atoms with van der Waals surface area (Å²) in [6, 6.07) is 6.61. The maximum absolute atomic E-state index is 12.8. The van der Waals surface area contributed by atoms with Gasteiger partial charge in [0.25, 0.3) is 0 Å². The number of carboxylic acids is 1. The highest BCUT2D eigenvalue weighted by molar-refractivity contribution is 6.02. The molecule has 0 radical (unpaired) electrons. The van der Waals surface area contributed by atoms with Gasteiger partial charge >= 0.3 is 5.97 Å². The van der Waals surface area contributed by atoms with Crippen molar-refractivity contribution in [3.63, 3.8) is 0 Å². The van der Waals surface area contributed by atoms with E-state index in [1.54, 1.807) is 6.07 Å². The second-order valence-electron chi connectivity index (χ2n) is 5.38. The molecule has 0 spiro atoms. The average molecular weight is 320 g/mol. The molecule has 0 fully saturated rings. The van der Waals surface area contributed by atoms with Crippen LogP contribution >= 0.6 is 0 Å². The first-order valence-corrected chi connectivity index (χ1v) is 7.33. The number of carboxylic acid groups (broad SMARTS) is 1. The van der Waals surface area contributed by atoms with Gasteiger partial charge in [-0.05, 0) is 11.6 Å². The molecule has 1 aromatic carbocycles. The zero-order valence-electron chi connectivity index (χ0n) is 13.2. The van der Waals surface area contributed by atoms with Crippen molar-refractivity contribution in [3.8, 4) is 0 Å². The van der Waals surface area contributed by atoms with E-state index in [2.05, 4.69) is 0 Å². The highest BCUT2D eigenvalue weighted by Crippen LogP contribution is 2.32. The van der Waals surface area contributed by atoms with Crippen LogP contribution in [0.3, 0.4) is 0 Å². The highest BCUT2D eigenvalue weighted by Gasteiger charge is 2.39. The molecule has 1 aromatic rings. The van der Waals surface area contributed by atoms with Crippen LogP contribution < -0.4 is 4.90 Å². The van der Waals surface area contributed by atoms with Crippen molar-refractivity contribution in [1.82, 2.24) is 4.90 Å². The lowest BCUT2D eigenvalue weighted by Crippen LogP contribution is -2.51. The normalized spacial score (nSPS) is 16.1. The van der Waals surface area contributed by atoms with E-state index in [0.29, 0.717) is 12.1 Å². The molecule has 0 aromatic heterocycles. The first-order chi connectivity index (χ1) is 11.0. The Labute approximate surface area is 134 Å². The molecule has 0 aliphatic carbocycles. The molecule has 1 aliphatic rings. The van der Waals surface area contributed by atoms with Crippen LogP contribution in [0.25, 0.3) is 0 Å². The van der Waals surface area contributed by atoms with E-state index in [0.717, 1.165) is 5.56 Å². The van der Waals surface area contributed by atoms with Crippen molar-refractivity contribution in [3.05, 3.63) is 29.8 Å². The zero-order valence-corrected chi connectivity index (χ0v) is 13.2. The Kier molecular flexibility index (Phi) is 5.33. The fourth-order valence-corrected chi connectivity index (χ4v) is 2.82. The molecule has 0 bridgehead atoms. The summed E-state index contributed by atoms with van der Waals surface area (Å²) in [5.41, 5.74) is 1.61. The fraction of sp³-hybridized carbons (Fsp3) is 0.438. The van der Waals surface area contributed by atoms with Crippen LogP contribution in [0.1, 0.15) is 12.5 Å². The summed E-state index contributed by atoms with van der Waals surface area (Å²) in [6.07, 6.45) is 0.387. The van der Waals surface area contributed by atoms with E-state index < -0.39 is 18.6 Å². The molecule has 23 heavy (non-hydrogen) atoms. The zero-order chi connectivity index (χ0) is 17.0. The number of hydrogen-bond acceptors (Lipinski definition) is 4. The Morgan fingerprint density at radius 3 is 2.65 bits per heavy atom. The number of hydrogen-bond donors (Lipinski definition) is 1. The third kappa shape index (κ3) is 3.68. The average Bonchev–Trinajstić information content (AvgIpc) is 2.89. The minimum absolute atomic E-state index is 0.167. The van der Waals surface area contributed by atoms with Crippen molar-refractivity contribution in [2.45, 2.75) is 19.4 Å². The number of rotatable bonds is 6. The predicted octanol–water partition coefficient (Wildman–Crippen LogP) is 0.524. The summed E-state index contributed by atoms with van der Waals surface area (Å²) < 4.78 is 4.94. The number of benzene rings is 1. The van der Waals surface area contributed by atoms with E-state index in [-0.39, 0.29) is 25.0 Å². The first kappa shape index (κ1) is 17.0. The number of ether oxygens (including phenoxy) is 1. The van der Waals surface area contributed by atoms with E-state index in [1.165, 1.54) is 23.8 Å². The molecule has 1 aliphatic heterocycles. The largest absolute Gasteiger partial charge is 0.480 e. The number of amides is 2. The molecule has 7 heteroatoms. The Bertz CT molecular complexity index is 616. The molecule has 0 unspecified atom stereocenters. The summed E-state index contributed by atoms with van der Waals surface area (Å²) in [6.45, 7) is 1.39. The minimum Gasteiger partial charge on any atom is -0.480 e. The Morgan fingerprint density at radius 1 is 1.35 bits per heavy atom. The summed E-state index contributed by atoms with van der Waals surface area (Å²) in [5, 5.41) is 9.01. The molecule has 1 heterocycles. The maximum Gasteiger partial charge on any atom is 0.323 e. The summed E-state index contributed by atoms with van der Waals surface area (Å²) in [5.74, 6) is -1.72. The molecule has 1 atom stereocenters. The summed E-state index contributed by atoms with van der Waals surface area (Å²) >= 11 is 0. The van der Waals surface area contributed by atoms with E-state index >= 15 is 0 Å². The minimum atomic E-state index is -1.10. The van der Waals surface area contributed by atoms with Gasteiger partial charge in [-0.3, -0.25) is 19.3 Å². The Hall–Kier alpha value is -2.41. The quantitative estimate of drug-likeness (QED) is 0.826. The number of aliphatic carboxylic acids is 1. The molecule has 0 saturated heterocycles. The van der Waals surface area contributed by atoms with Crippen molar-refractivity contribution in [2.75, 3.05) is 31.7 Å². The summed E-state index contributed by atoms with van der Waals surface area (Å²) in [7, 11) is 1.48. The van der Waals surface area contributed by atoms with Gasteiger partial charge in [0.2, 0.25) is 11.8 Å². The smallest absolute Gasteiger partial charge is 0.323 e. The van der Waals surface area contributed by atoms with E-state index in [4.69, 9.17) is 9.84 Å². The van der Waals surface area contributed by atoms with Gasteiger partial charge in [0.1, 0.15) is 12.6 Å². The first-order valence-electron chi connectivity index (χ1n) is 7.33. The number of methoxy groups -OCH3 is 1. The van der Waals surface area contributed by atoms with Gasteiger partial charge in [0.15, 0.2) is 0 Å². The van der Waals surface area contributed by atoms with Gasteiger partial charge in [-0.2, -0.15) is 0 Å². The van der Waals surface area contributed by atoms with Crippen LogP contribution in [-0.2, 0) is 25.5 Å². The lowest BCUT2D eigenvalue weighted by Gasteiger charge is -2.29. The van der Waals surface area contributed by atoms with Crippen molar-refractivity contribution in [1.29, 1.82) is 0 Å². The van der Waals surface area contributed by atoms with Gasteiger partial charge in [0, 0.05) is 32.7 Å². The topological polar surface area (TPSA) is 87.2 Å². The molecule has 0 saturated carbocycles. The van der Waals surface area contributed by atoms with E-state index in [9.17, 15) is 14.4 Å². The number of carbonyl (C=O) groups is 3. The molecular formula is C16H20N2O5. The van der Waals surface area contributed by atoms with Gasteiger partial charge in [0.05, 0.1) is 6.61 Å². The fourth-order valence-electron chi connectivity index (χ4n) is 2.82. The SMILES string of the molecule is COCCN(CC(=O)O)C(=O)[C@@H]1Cc2ccccc2N1C(C)=O. The van der Waals surface area contributed by atoms with Gasteiger partial charge in [-0.15, -0.1) is 0 Å². The van der Waals surface area contributed by atoms with Crippen LogP contribution in [0.2, 0.25) is 0 Å². The number of anilines is 1. The highest BCUT2D eigenvalue weighted by atomic mass is 16.5. The maximum atomic E-state index is 12.8. The monoisotopic (exact) mass is 320 g/mol. The molecule has 124 valence electrons. The van der Waals surface area contributed by atoms with E-state index in [1.807, 2.05) is 18.2 Å². The number of para-hydroxylation sites is 1. The van der Waals surface area contributed by atoms with Crippen molar-refractivity contribution >= 4 is 23.5 Å². The van der Waals surface area contributed by atoms with Crippen LogP contribution in [0.15, 0.2) is 24.3 Å². The molecule has 1 N–H and O–H groups in total. The third-order valence-corrected chi connectivity index (χ3v) is 3.80.